The fourth-order valence-electron chi connectivity index (χ4n) is 5.24. The minimum Gasteiger partial charge on any atom is -0.330 e. The molecule has 0 aromatic rings. The van der Waals surface area contributed by atoms with E-state index in [9.17, 15) is 0 Å². The van der Waals surface area contributed by atoms with Gasteiger partial charge in [0.25, 0.3) is 0 Å². The minimum atomic E-state index is 0.470. The van der Waals surface area contributed by atoms with Gasteiger partial charge in [-0.25, -0.2) is 0 Å². The van der Waals surface area contributed by atoms with E-state index in [1.165, 1.54) is 32.1 Å². The first-order chi connectivity index (χ1) is 7.50. The summed E-state index contributed by atoms with van der Waals surface area (Å²) in [5.41, 5.74) is 7.20. The van der Waals surface area contributed by atoms with E-state index < -0.39 is 0 Å². The van der Waals surface area contributed by atoms with Gasteiger partial charge in [0.2, 0.25) is 0 Å². The van der Waals surface area contributed by atoms with Crippen molar-refractivity contribution in [1.82, 2.24) is 0 Å². The Bertz CT molecular complexity index is 300. The van der Waals surface area contributed by atoms with Crippen LogP contribution in [0.2, 0.25) is 0 Å². The van der Waals surface area contributed by atoms with Crippen LogP contribution in [0.25, 0.3) is 0 Å². The van der Waals surface area contributed by atoms with Crippen LogP contribution in [0.15, 0.2) is 0 Å². The summed E-state index contributed by atoms with van der Waals surface area (Å²) in [6.07, 6.45) is 7.25. The molecule has 1 nitrogen and oxygen atoms in total. The van der Waals surface area contributed by atoms with E-state index >= 15 is 0 Å². The first-order valence-electron chi connectivity index (χ1n) is 7.20. The normalized spacial score (nSPS) is 60.0. The van der Waals surface area contributed by atoms with E-state index in [-0.39, 0.29) is 0 Å². The van der Waals surface area contributed by atoms with Gasteiger partial charge in [0, 0.05) is 0 Å². The molecule has 0 heterocycles. The molecule has 3 unspecified atom stereocenters. The fraction of sp³-hybridized carbons (Fsp3) is 1.00. The zero-order chi connectivity index (χ0) is 11.6. The fourth-order valence-corrected chi connectivity index (χ4v) is 5.24. The Morgan fingerprint density at radius 1 is 1.19 bits per heavy atom. The van der Waals surface area contributed by atoms with Crippen LogP contribution in [0.4, 0.5) is 0 Å². The third-order valence-corrected chi connectivity index (χ3v) is 6.76. The maximum Gasteiger partial charge on any atom is -0.00204 e. The van der Waals surface area contributed by atoms with Crippen molar-refractivity contribution in [2.75, 3.05) is 6.54 Å². The van der Waals surface area contributed by atoms with Gasteiger partial charge in [-0.2, -0.15) is 0 Å². The summed E-state index contributed by atoms with van der Waals surface area (Å²) in [4.78, 5) is 0. The van der Waals surface area contributed by atoms with Crippen molar-refractivity contribution in [3.63, 3.8) is 0 Å². The molecule has 16 heavy (non-hydrogen) atoms. The van der Waals surface area contributed by atoms with Crippen LogP contribution in [-0.4, -0.2) is 6.54 Å². The Kier molecular flexibility index (Phi) is 2.25. The molecule has 3 aliphatic carbocycles. The highest BCUT2D eigenvalue weighted by Gasteiger charge is 2.62. The standard InChI is InChI=1S/C15H27N/c1-10-4-5-14(2)6-7-15(3,9-16)12-8-11(10)13(12)14/h10-13H,4-9,16H2,1-3H3/t10?,11-,12-,13?,14?,15-/m0/s1. The molecular weight excluding hydrogens is 194 g/mol. The number of hydrogen-bond donors (Lipinski definition) is 1. The smallest absolute Gasteiger partial charge is 0.00204 e. The molecule has 0 aromatic carbocycles. The van der Waals surface area contributed by atoms with Crippen LogP contribution in [-0.2, 0) is 0 Å². The van der Waals surface area contributed by atoms with E-state index in [0.717, 1.165) is 30.2 Å². The molecular formula is C15H27N. The third kappa shape index (κ3) is 1.21. The second-order valence-corrected chi connectivity index (χ2v) is 7.56. The van der Waals surface area contributed by atoms with E-state index in [4.69, 9.17) is 5.73 Å². The summed E-state index contributed by atoms with van der Waals surface area (Å²) in [6.45, 7) is 8.41. The Morgan fingerprint density at radius 3 is 2.62 bits per heavy atom. The Balaban J connectivity index is 1.89. The van der Waals surface area contributed by atoms with Crippen LogP contribution in [0, 0.1) is 34.5 Å². The van der Waals surface area contributed by atoms with E-state index in [1.807, 2.05) is 0 Å². The summed E-state index contributed by atoms with van der Waals surface area (Å²) in [5, 5.41) is 0. The average Bonchev–Trinajstić information content (AvgIpc) is 2.20. The molecule has 6 atom stereocenters. The van der Waals surface area contributed by atoms with Gasteiger partial charge in [0.15, 0.2) is 0 Å². The zero-order valence-corrected chi connectivity index (χ0v) is 11.1. The molecule has 3 saturated carbocycles. The second-order valence-electron chi connectivity index (χ2n) is 7.56. The Morgan fingerprint density at radius 2 is 1.94 bits per heavy atom. The summed E-state index contributed by atoms with van der Waals surface area (Å²) in [6, 6.07) is 0. The summed E-state index contributed by atoms with van der Waals surface area (Å²) >= 11 is 0. The lowest BCUT2D eigenvalue weighted by molar-refractivity contribution is -0.184. The van der Waals surface area contributed by atoms with Gasteiger partial charge >= 0.3 is 0 Å². The predicted octanol–water partition coefficient (Wildman–Crippen LogP) is 3.43. The molecule has 0 aromatic heterocycles. The average molecular weight is 221 g/mol. The van der Waals surface area contributed by atoms with Gasteiger partial charge in [0.05, 0.1) is 0 Å². The maximum atomic E-state index is 6.05. The molecule has 0 aliphatic heterocycles. The van der Waals surface area contributed by atoms with Gasteiger partial charge in [-0.15, -0.1) is 0 Å². The van der Waals surface area contributed by atoms with Crippen LogP contribution in [0.5, 0.6) is 0 Å². The lowest BCUT2D eigenvalue weighted by Crippen LogP contribution is -2.62. The largest absolute Gasteiger partial charge is 0.330 e. The van der Waals surface area contributed by atoms with Crippen molar-refractivity contribution in [1.29, 1.82) is 0 Å². The predicted molar refractivity (Wildman–Crippen MR) is 68.0 cm³/mol. The number of hydrogen-bond acceptors (Lipinski definition) is 1. The molecule has 0 spiro atoms. The van der Waals surface area contributed by atoms with Crippen molar-refractivity contribution >= 4 is 0 Å². The lowest BCUT2D eigenvalue weighted by Gasteiger charge is -2.68. The van der Waals surface area contributed by atoms with Gasteiger partial charge in [-0.1, -0.05) is 20.8 Å². The SMILES string of the molecule is CC1CCC2(C)CC[C@@](C)(CN)[C@H]3C[C@@H]1C32. The summed E-state index contributed by atoms with van der Waals surface area (Å²) in [7, 11) is 0. The number of rotatable bonds is 1. The molecule has 92 valence electrons. The zero-order valence-electron chi connectivity index (χ0n) is 11.1. The van der Waals surface area contributed by atoms with Crippen LogP contribution in [0.3, 0.4) is 0 Å². The molecule has 0 amide bonds. The number of nitrogens with two attached hydrogens (primary N) is 1. The Labute approximate surface area is 100 Å². The monoisotopic (exact) mass is 221 g/mol. The highest BCUT2D eigenvalue weighted by Crippen LogP contribution is 2.69. The highest BCUT2D eigenvalue weighted by molar-refractivity contribution is 5.11. The first-order valence-corrected chi connectivity index (χ1v) is 7.20. The van der Waals surface area contributed by atoms with Crippen molar-refractivity contribution in [2.24, 2.45) is 40.2 Å². The second kappa shape index (κ2) is 3.25. The summed E-state index contributed by atoms with van der Waals surface area (Å²) < 4.78 is 0. The van der Waals surface area contributed by atoms with Gasteiger partial charge in [0.1, 0.15) is 0 Å². The van der Waals surface area contributed by atoms with E-state index in [2.05, 4.69) is 20.8 Å². The molecule has 0 bridgehead atoms. The summed E-state index contributed by atoms with van der Waals surface area (Å²) in [5.74, 6) is 3.98. The van der Waals surface area contributed by atoms with E-state index in [1.54, 1.807) is 0 Å². The van der Waals surface area contributed by atoms with Gasteiger partial charge < -0.3 is 5.73 Å². The first kappa shape index (κ1) is 11.1. The van der Waals surface area contributed by atoms with Crippen LogP contribution >= 0.6 is 0 Å². The molecule has 2 N–H and O–H groups in total. The maximum absolute atomic E-state index is 6.05. The Hall–Kier alpha value is -0.0400. The topological polar surface area (TPSA) is 26.0 Å². The lowest BCUT2D eigenvalue weighted by atomic mass is 9.37. The van der Waals surface area contributed by atoms with Crippen LogP contribution < -0.4 is 5.73 Å². The van der Waals surface area contributed by atoms with Crippen LogP contribution in [0.1, 0.15) is 52.9 Å². The molecule has 1 heteroatoms. The third-order valence-electron chi connectivity index (χ3n) is 6.76. The molecule has 3 rings (SSSR count). The molecule has 0 saturated heterocycles. The van der Waals surface area contributed by atoms with Gasteiger partial charge in [-0.3, -0.25) is 0 Å². The minimum absolute atomic E-state index is 0.470. The molecule has 3 fully saturated rings. The van der Waals surface area contributed by atoms with Crippen molar-refractivity contribution in [3.05, 3.63) is 0 Å². The molecule has 0 radical (unpaired) electrons. The van der Waals surface area contributed by atoms with E-state index in [0.29, 0.717) is 10.8 Å². The quantitative estimate of drug-likeness (QED) is 0.721. The van der Waals surface area contributed by atoms with Gasteiger partial charge in [-0.05, 0) is 73.2 Å². The highest BCUT2D eigenvalue weighted by atomic mass is 14.7. The van der Waals surface area contributed by atoms with Crippen molar-refractivity contribution < 1.29 is 0 Å². The van der Waals surface area contributed by atoms with Crippen molar-refractivity contribution in [2.45, 2.75) is 52.9 Å². The molecule has 3 aliphatic rings. The van der Waals surface area contributed by atoms with Crippen molar-refractivity contribution in [3.8, 4) is 0 Å².